The van der Waals surface area contributed by atoms with E-state index in [1.54, 1.807) is 6.92 Å². The number of hydrogen-bond donors (Lipinski definition) is 1. The molecule has 0 aromatic heterocycles. The Kier molecular flexibility index (Phi) is 7.87. The molecular formula is C20H18ClF7N2O2. The van der Waals surface area contributed by atoms with Crippen molar-refractivity contribution < 1.29 is 40.2 Å². The highest BCUT2D eigenvalue weighted by atomic mass is 35.5. The number of aryl methyl sites for hydroxylation is 1. The van der Waals surface area contributed by atoms with Gasteiger partial charge < -0.3 is 9.47 Å². The first-order valence-electron chi connectivity index (χ1n) is 9.05. The third-order valence-electron chi connectivity index (χ3n) is 3.97. The Morgan fingerprint density at radius 2 is 1.72 bits per heavy atom. The molecule has 0 aliphatic carbocycles. The summed E-state index contributed by atoms with van der Waals surface area (Å²) in [7, 11) is 0. The lowest BCUT2D eigenvalue weighted by Crippen LogP contribution is -2.58. The van der Waals surface area contributed by atoms with E-state index in [1.807, 2.05) is 31.2 Å². The molecular weight excluding hydrogens is 469 g/mol. The molecule has 176 valence electrons. The second-order valence-electron chi connectivity index (χ2n) is 6.56. The summed E-state index contributed by atoms with van der Waals surface area (Å²) in [6, 6.07) is 4.23. The Hall–Kier alpha value is -2.69. The van der Waals surface area contributed by atoms with Crippen LogP contribution in [0.1, 0.15) is 23.6 Å². The first-order chi connectivity index (χ1) is 14.8. The number of nitrogens with one attached hydrogen (secondary N) is 1. The molecule has 0 aliphatic rings. The maximum absolute atomic E-state index is 13.3. The van der Waals surface area contributed by atoms with E-state index < -0.39 is 18.1 Å². The number of hydrazone groups is 1. The van der Waals surface area contributed by atoms with Crippen LogP contribution in [0.15, 0.2) is 41.5 Å². The van der Waals surface area contributed by atoms with Crippen molar-refractivity contribution in [2.45, 2.75) is 38.6 Å². The highest BCUT2D eigenvalue weighted by Crippen LogP contribution is 2.45. The molecule has 0 radical (unpaired) electrons. The van der Waals surface area contributed by atoms with Gasteiger partial charge in [0.2, 0.25) is 0 Å². The number of halogens is 8. The Morgan fingerprint density at radius 3 is 2.31 bits per heavy atom. The van der Waals surface area contributed by atoms with Crippen molar-refractivity contribution >= 4 is 17.8 Å². The van der Waals surface area contributed by atoms with Crippen LogP contribution in [0.5, 0.6) is 11.5 Å². The fraction of sp³-hybridized carbons (Fsp3) is 0.350. The van der Waals surface area contributed by atoms with Crippen LogP contribution in [0, 0.1) is 6.92 Å². The van der Waals surface area contributed by atoms with Crippen molar-refractivity contribution in [3.05, 3.63) is 58.1 Å². The van der Waals surface area contributed by atoms with Crippen LogP contribution < -0.4 is 14.9 Å². The molecule has 0 amide bonds. The monoisotopic (exact) mass is 486 g/mol. The van der Waals surface area contributed by atoms with Crippen LogP contribution in [0.4, 0.5) is 30.7 Å². The van der Waals surface area contributed by atoms with E-state index in [1.165, 1.54) is 12.1 Å². The van der Waals surface area contributed by atoms with Gasteiger partial charge in [0.1, 0.15) is 6.61 Å². The van der Waals surface area contributed by atoms with Crippen molar-refractivity contribution in [2.24, 2.45) is 5.10 Å². The highest BCUT2D eigenvalue weighted by Gasteiger charge is 2.73. The molecule has 2 aromatic rings. The van der Waals surface area contributed by atoms with Crippen LogP contribution in [-0.2, 0) is 6.61 Å². The van der Waals surface area contributed by atoms with E-state index in [0.29, 0.717) is 11.6 Å². The summed E-state index contributed by atoms with van der Waals surface area (Å²) < 4.78 is 99.9. The quantitative estimate of drug-likeness (QED) is 0.195. The molecule has 0 atom stereocenters. The minimum absolute atomic E-state index is 0.0139. The molecule has 1 N–H and O–H groups in total. The number of nitrogens with zero attached hydrogens (tertiary/aromatic N) is 1. The first-order valence-corrected chi connectivity index (χ1v) is 9.43. The summed E-state index contributed by atoms with van der Waals surface area (Å²) in [6.07, 6.45) is -5.88. The van der Waals surface area contributed by atoms with E-state index >= 15 is 0 Å². The van der Waals surface area contributed by atoms with E-state index in [4.69, 9.17) is 21.1 Å². The van der Waals surface area contributed by atoms with Gasteiger partial charge in [-0.25, -0.2) is 5.43 Å². The number of hydrogen-bond acceptors (Lipinski definition) is 4. The predicted molar refractivity (Wildman–Crippen MR) is 105 cm³/mol. The molecule has 2 rings (SSSR count). The Bertz CT molecular complexity index is 965. The van der Waals surface area contributed by atoms with Gasteiger partial charge in [-0.1, -0.05) is 41.4 Å². The zero-order valence-electron chi connectivity index (χ0n) is 16.7. The van der Waals surface area contributed by atoms with Gasteiger partial charge in [0.15, 0.2) is 11.5 Å². The normalized spacial score (nSPS) is 12.8. The van der Waals surface area contributed by atoms with Crippen LogP contribution in [0.25, 0.3) is 0 Å². The fourth-order valence-corrected chi connectivity index (χ4v) is 2.73. The van der Waals surface area contributed by atoms with Crippen LogP contribution in [-0.4, -0.2) is 31.0 Å². The number of benzene rings is 2. The van der Waals surface area contributed by atoms with Crippen molar-refractivity contribution in [1.29, 1.82) is 0 Å². The zero-order chi connectivity index (χ0) is 24.2. The Balaban J connectivity index is 2.21. The maximum atomic E-state index is 13.3. The summed E-state index contributed by atoms with van der Waals surface area (Å²) in [5.74, 6) is -6.10. The fourth-order valence-electron chi connectivity index (χ4n) is 2.46. The van der Waals surface area contributed by atoms with Gasteiger partial charge in [0.05, 0.1) is 17.8 Å². The van der Waals surface area contributed by atoms with Crippen LogP contribution in [0.2, 0.25) is 5.02 Å². The van der Waals surface area contributed by atoms with Crippen molar-refractivity contribution in [1.82, 2.24) is 5.43 Å². The molecule has 32 heavy (non-hydrogen) atoms. The largest absolute Gasteiger partial charge is 0.490 e. The second-order valence-corrected chi connectivity index (χ2v) is 6.96. The summed E-state index contributed by atoms with van der Waals surface area (Å²) in [4.78, 5) is 0. The molecule has 12 heteroatoms. The molecule has 0 saturated carbocycles. The summed E-state index contributed by atoms with van der Waals surface area (Å²) in [5.41, 5.74) is 2.38. The van der Waals surface area contributed by atoms with Gasteiger partial charge in [-0.15, -0.1) is 0 Å². The minimum Gasteiger partial charge on any atom is -0.490 e. The lowest BCUT2D eigenvalue weighted by atomic mass is 10.1. The highest BCUT2D eigenvalue weighted by molar-refractivity contribution is 6.32. The average molecular weight is 487 g/mol. The van der Waals surface area contributed by atoms with Crippen LogP contribution >= 0.6 is 11.6 Å². The van der Waals surface area contributed by atoms with Crippen molar-refractivity contribution in [3.8, 4) is 11.5 Å². The van der Waals surface area contributed by atoms with E-state index in [9.17, 15) is 30.7 Å². The predicted octanol–water partition coefficient (Wildman–Crippen LogP) is 6.34. The van der Waals surface area contributed by atoms with Gasteiger partial charge in [0, 0.05) is 0 Å². The third-order valence-corrected chi connectivity index (χ3v) is 4.25. The van der Waals surface area contributed by atoms with Crippen LogP contribution in [0.3, 0.4) is 0 Å². The second kappa shape index (κ2) is 9.85. The average Bonchev–Trinajstić information content (AvgIpc) is 2.66. The van der Waals surface area contributed by atoms with E-state index in [2.05, 4.69) is 5.10 Å². The lowest BCUT2D eigenvalue weighted by Gasteiger charge is -2.27. The van der Waals surface area contributed by atoms with Crippen molar-refractivity contribution in [2.75, 3.05) is 6.61 Å². The van der Waals surface area contributed by atoms with Gasteiger partial charge in [0.25, 0.3) is 0 Å². The molecule has 2 aromatic carbocycles. The first kappa shape index (κ1) is 25.6. The van der Waals surface area contributed by atoms with Gasteiger partial charge >= 0.3 is 18.1 Å². The summed E-state index contributed by atoms with van der Waals surface area (Å²) in [6.45, 7) is 3.86. The van der Waals surface area contributed by atoms with Gasteiger partial charge in [-0.2, -0.15) is 35.8 Å². The number of rotatable bonds is 9. The lowest BCUT2D eigenvalue weighted by molar-refractivity contribution is -0.361. The molecule has 4 nitrogen and oxygen atoms in total. The molecule has 0 heterocycles. The number of ether oxygens (including phenoxy) is 2. The van der Waals surface area contributed by atoms with Gasteiger partial charge in [-0.05, 0) is 37.1 Å². The SMILES string of the molecule is CCOc1cc(/C=N/NC(F)(F)C(F)(F)C(F)(F)F)cc(Cl)c1OCc1cccc(C)c1. The smallest absolute Gasteiger partial charge is 0.462 e. The maximum Gasteiger partial charge on any atom is 0.462 e. The molecule has 0 spiro atoms. The molecule has 0 saturated heterocycles. The summed E-state index contributed by atoms with van der Waals surface area (Å²) >= 11 is 6.17. The topological polar surface area (TPSA) is 42.8 Å². The molecule has 0 unspecified atom stereocenters. The standard InChI is InChI=1S/C20H18ClF7N2O2/c1-3-31-16-9-14(10-29-30-20(27,28)18(22,23)19(24,25)26)8-15(21)17(16)32-11-13-6-4-5-12(2)7-13/h4-10,30H,3,11H2,1-2H3/b29-10+. The Morgan fingerprint density at radius 1 is 1.03 bits per heavy atom. The molecule has 0 aliphatic heterocycles. The number of alkyl halides is 7. The van der Waals surface area contributed by atoms with E-state index in [0.717, 1.165) is 11.1 Å². The minimum atomic E-state index is -6.47. The summed E-state index contributed by atoms with van der Waals surface area (Å²) in [5, 5.41) is 2.79. The molecule has 0 fully saturated rings. The third kappa shape index (κ3) is 5.96. The van der Waals surface area contributed by atoms with Gasteiger partial charge in [-0.3, -0.25) is 0 Å². The molecule has 0 bridgehead atoms. The Labute approximate surface area is 184 Å². The zero-order valence-corrected chi connectivity index (χ0v) is 17.5. The van der Waals surface area contributed by atoms with E-state index in [-0.39, 0.29) is 35.3 Å². The van der Waals surface area contributed by atoms with Crippen molar-refractivity contribution in [3.63, 3.8) is 0 Å².